The molecule has 24 heavy (non-hydrogen) atoms. The van der Waals surface area contributed by atoms with Crippen molar-refractivity contribution in [3.05, 3.63) is 36.0 Å². The zero-order chi connectivity index (χ0) is 17.3. The van der Waals surface area contributed by atoms with E-state index in [-0.39, 0.29) is 23.3 Å². The Hall–Kier alpha value is -2.29. The highest BCUT2D eigenvalue weighted by atomic mass is 32.2. The molecule has 0 radical (unpaired) electrons. The molecule has 1 saturated heterocycles. The molecule has 2 heterocycles. The van der Waals surface area contributed by atoms with Crippen molar-refractivity contribution in [3.63, 3.8) is 0 Å². The van der Waals surface area contributed by atoms with Gasteiger partial charge >= 0.3 is 11.8 Å². The number of nitrogens with zero attached hydrogens (tertiary/aromatic N) is 3. The normalized spacial score (nSPS) is 19.3. The van der Waals surface area contributed by atoms with E-state index < -0.39 is 27.6 Å². The van der Waals surface area contributed by atoms with Crippen molar-refractivity contribution in [2.75, 3.05) is 18.1 Å². The lowest BCUT2D eigenvalue weighted by molar-refractivity contribution is 0.0668. The maximum absolute atomic E-state index is 13.3. The number of aromatic nitrogens is 2. The number of hydrogen-bond acceptors (Lipinski definition) is 6. The molecule has 1 amide bonds. The molecule has 0 N–H and O–H groups in total. The number of sulfone groups is 1. The molecule has 0 spiro atoms. The Morgan fingerprint density at radius 2 is 2.21 bits per heavy atom. The van der Waals surface area contributed by atoms with Gasteiger partial charge in [0.1, 0.15) is 5.82 Å². The lowest BCUT2D eigenvalue weighted by atomic mass is 10.2. The summed E-state index contributed by atoms with van der Waals surface area (Å²) >= 11 is 0. The first kappa shape index (κ1) is 16.6. The van der Waals surface area contributed by atoms with Gasteiger partial charge in [0.2, 0.25) is 5.89 Å². The van der Waals surface area contributed by atoms with Crippen molar-refractivity contribution in [2.24, 2.45) is 0 Å². The summed E-state index contributed by atoms with van der Waals surface area (Å²) in [5.41, 5.74) is 0.369. The highest BCUT2D eigenvalue weighted by Crippen LogP contribution is 2.22. The first-order chi connectivity index (χ1) is 11.4. The molecule has 1 aromatic heterocycles. The third kappa shape index (κ3) is 3.30. The van der Waals surface area contributed by atoms with Crippen molar-refractivity contribution >= 4 is 15.7 Å². The Kier molecular flexibility index (Phi) is 4.35. The molecule has 1 fully saturated rings. The van der Waals surface area contributed by atoms with Gasteiger partial charge in [0.05, 0.1) is 11.5 Å². The molecular weight excluding hydrogens is 337 g/mol. The van der Waals surface area contributed by atoms with Gasteiger partial charge in [-0.1, -0.05) is 6.07 Å². The third-order valence-corrected chi connectivity index (χ3v) is 5.68. The third-order valence-electron chi connectivity index (χ3n) is 3.93. The maximum Gasteiger partial charge on any atom is 0.311 e. The minimum atomic E-state index is -3.11. The van der Waals surface area contributed by atoms with Gasteiger partial charge in [0, 0.05) is 18.2 Å². The van der Waals surface area contributed by atoms with E-state index in [1.54, 1.807) is 13.0 Å². The van der Waals surface area contributed by atoms with Crippen LogP contribution in [-0.4, -0.2) is 53.5 Å². The average Bonchev–Trinajstić information content (AvgIpc) is 3.15. The molecule has 0 saturated carbocycles. The molecule has 1 aromatic carbocycles. The Bertz CT molecular complexity index is 865. The Morgan fingerprint density at radius 1 is 1.42 bits per heavy atom. The van der Waals surface area contributed by atoms with Crippen LogP contribution >= 0.6 is 0 Å². The predicted molar refractivity (Wildman–Crippen MR) is 83.5 cm³/mol. The number of carbonyl (C=O) groups excluding carboxylic acids is 1. The monoisotopic (exact) mass is 353 g/mol. The quantitative estimate of drug-likeness (QED) is 0.827. The van der Waals surface area contributed by atoms with Crippen molar-refractivity contribution in [3.8, 4) is 11.5 Å². The topological polar surface area (TPSA) is 93.4 Å². The van der Waals surface area contributed by atoms with E-state index in [4.69, 9.17) is 4.42 Å². The molecular formula is C15H16FN3O4S. The number of hydrogen-bond donors (Lipinski definition) is 0. The maximum atomic E-state index is 13.3. The highest BCUT2D eigenvalue weighted by molar-refractivity contribution is 7.91. The second-order valence-corrected chi connectivity index (χ2v) is 7.80. The van der Waals surface area contributed by atoms with E-state index in [2.05, 4.69) is 10.2 Å². The van der Waals surface area contributed by atoms with Crippen molar-refractivity contribution in [1.29, 1.82) is 0 Å². The molecule has 1 aliphatic heterocycles. The van der Waals surface area contributed by atoms with Gasteiger partial charge in [-0.15, -0.1) is 10.2 Å². The summed E-state index contributed by atoms with van der Waals surface area (Å²) < 4.78 is 41.8. The molecule has 9 heteroatoms. The number of halogens is 1. The second kappa shape index (κ2) is 6.31. The Labute approximate surface area is 138 Å². The predicted octanol–water partition coefficient (Wildman–Crippen LogP) is 1.52. The van der Waals surface area contributed by atoms with Crippen LogP contribution in [0.4, 0.5) is 4.39 Å². The number of carbonyl (C=O) groups is 1. The second-order valence-electron chi connectivity index (χ2n) is 5.57. The van der Waals surface area contributed by atoms with Gasteiger partial charge in [-0.25, -0.2) is 12.8 Å². The van der Waals surface area contributed by atoms with Crippen LogP contribution in [0.5, 0.6) is 0 Å². The number of benzene rings is 1. The van der Waals surface area contributed by atoms with Crippen LogP contribution < -0.4 is 0 Å². The fourth-order valence-electron chi connectivity index (χ4n) is 2.76. The van der Waals surface area contributed by atoms with E-state index in [1.165, 1.54) is 23.1 Å². The first-order valence-electron chi connectivity index (χ1n) is 7.50. The van der Waals surface area contributed by atoms with Crippen molar-refractivity contribution < 1.29 is 22.0 Å². The number of amides is 1. The van der Waals surface area contributed by atoms with Gasteiger partial charge in [0.25, 0.3) is 0 Å². The Morgan fingerprint density at radius 3 is 2.83 bits per heavy atom. The van der Waals surface area contributed by atoms with Crippen molar-refractivity contribution in [1.82, 2.24) is 15.1 Å². The summed E-state index contributed by atoms with van der Waals surface area (Å²) in [7, 11) is -3.11. The van der Waals surface area contributed by atoms with Gasteiger partial charge in [-0.2, -0.15) is 0 Å². The minimum absolute atomic E-state index is 0.0351. The van der Waals surface area contributed by atoms with Crippen LogP contribution in [0.15, 0.2) is 28.7 Å². The fraction of sp³-hybridized carbons (Fsp3) is 0.400. The fourth-order valence-corrected chi connectivity index (χ4v) is 4.49. The van der Waals surface area contributed by atoms with Crippen LogP contribution in [0.2, 0.25) is 0 Å². The van der Waals surface area contributed by atoms with E-state index in [0.717, 1.165) is 0 Å². The largest absolute Gasteiger partial charge is 0.412 e. The summed E-state index contributed by atoms with van der Waals surface area (Å²) in [4.78, 5) is 14.0. The van der Waals surface area contributed by atoms with E-state index in [1.807, 2.05) is 0 Å². The lowest BCUT2D eigenvalue weighted by Crippen LogP contribution is -2.41. The van der Waals surface area contributed by atoms with Gasteiger partial charge < -0.3 is 9.32 Å². The molecule has 1 atom stereocenters. The van der Waals surface area contributed by atoms with Crippen LogP contribution in [-0.2, 0) is 9.84 Å². The van der Waals surface area contributed by atoms with E-state index in [0.29, 0.717) is 18.5 Å². The van der Waals surface area contributed by atoms with E-state index in [9.17, 15) is 17.6 Å². The SMILES string of the molecule is CCN(C(=O)c1nnc(-c2cccc(F)c2)o1)C1CCS(=O)(=O)C1. The summed E-state index contributed by atoms with van der Waals surface area (Å²) in [6, 6.07) is 5.20. The lowest BCUT2D eigenvalue weighted by Gasteiger charge is -2.25. The molecule has 1 unspecified atom stereocenters. The first-order valence-corrected chi connectivity index (χ1v) is 9.32. The van der Waals surface area contributed by atoms with E-state index >= 15 is 0 Å². The molecule has 7 nitrogen and oxygen atoms in total. The van der Waals surface area contributed by atoms with Crippen LogP contribution in [0.1, 0.15) is 24.0 Å². The van der Waals surface area contributed by atoms with Crippen LogP contribution in [0.25, 0.3) is 11.5 Å². The molecule has 0 aliphatic carbocycles. The highest BCUT2D eigenvalue weighted by Gasteiger charge is 2.35. The summed E-state index contributed by atoms with van der Waals surface area (Å²) in [5.74, 6) is -1.16. The van der Waals surface area contributed by atoms with Crippen LogP contribution in [0, 0.1) is 5.82 Å². The molecule has 0 bridgehead atoms. The van der Waals surface area contributed by atoms with Crippen molar-refractivity contribution in [2.45, 2.75) is 19.4 Å². The number of rotatable bonds is 4. The molecule has 3 rings (SSSR count). The van der Waals surface area contributed by atoms with Gasteiger partial charge in [-0.3, -0.25) is 4.79 Å². The average molecular weight is 353 g/mol. The minimum Gasteiger partial charge on any atom is -0.412 e. The van der Waals surface area contributed by atoms with Gasteiger partial charge in [0.15, 0.2) is 9.84 Å². The summed E-state index contributed by atoms with van der Waals surface area (Å²) in [6.07, 6.45) is 0.396. The molecule has 2 aromatic rings. The molecule has 1 aliphatic rings. The van der Waals surface area contributed by atoms with Crippen LogP contribution in [0.3, 0.4) is 0 Å². The smallest absolute Gasteiger partial charge is 0.311 e. The van der Waals surface area contributed by atoms with Gasteiger partial charge in [-0.05, 0) is 31.5 Å². The Balaban J connectivity index is 1.82. The summed E-state index contributed by atoms with van der Waals surface area (Å²) in [5, 5.41) is 7.49. The zero-order valence-electron chi connectivity index (χ0n) is 13.0. The standard InChI is InChI=1S/C15H16FN3O4S/c1-2-19(12-6-7-24(21,22)9-12)15(20)14-18-17-13(23-14)10-4-3-5-11(16)8-10/h3-5,8,12H,2,6-7,9H2,1H3. The molecule has 128 valence electrons. The summed E-state index contributed by atoms with van der Waals surface area (Å²) in [6.45, 7) is 2.09. The zero-order valence-corrected chi connectivity index (χ0v) is 13.8.